The predicted molar refractivity (Wildman–Crippen MR) is 79.5 cm³/mol. The molecule has 2 rings (SSSR count). The molecule has 0 radical (unpaired) electrons. The Morgan fingerprint density at radius 3 is 2.63 bits per heavy atom. The van der Waals surface area contributed by atoms with Crippen molar-refractivity contribution in [3.05, 3.63) is 35.4 Å². The molecule has 0 aliphatic carbocycles. The zero-order valence-electron chi connectivity index (χ0n) is 11.6. The lowest BCUT2D eigenvalue weighted by molar-refractivity contribution is 0.133. The van der Waals surface area contributed by atoms with Crippen molar-refractivity contribution in [2.75, 3.05) is 18.1 Å². The third-order valence-electron chi connectivity index (χ3n) is 3.55. The Hall–Kier alpha value is -0.710. The number of benzene rings is 1. The van der Waals surface area contributed by atoms with Crippen molar-refractivity contribution in [3.8, 4) is 0 Å². The largest absolute Gasteiger partial charge is 0.377 e. The molecular weight excluding hydrogens is 258 g/mol. The van der Waals surface area contributed by atoms with E-state index in [-0.39, 0.29) is 0 Å². The summed E-state index contributed by atoms with van der Waals surface area (Å²) in [7, 11) is -0.578. The SMILES string of the molecule is CCOCc1ccccc1CNC1CCS(=O)CC1. The van der Waals surface area contributed by atoms with Crippen molar-refractivity contribution in [1.82, 2.24) is 5.32 Å². The summed E-state index contributed by atoms with van der Waals surface area (Å²) >= 11 is 0. The summed E-state index contributed by atoms with van der Waals surface area (Å²) in [5, 5.41) is 3.59. The zero-order chi connectivity index (χ0) is 13.5. The van der Waals surface area contributed by atoms with Crippen molar-refractivity contribution < 1.29 is 8.95 Å². The van der Waals surface area contributed by atoms with Gasteiger partial charge in [0.1, 0.15) is 0 Å². The Labute approximate surface area is 118 Å². The molecule has 0 unspecified atom stereocenters. The summed E-state index contributed by atoms with van der Waals surface area (Å²) in [4.78, 5) is 0. The highest BCUT2D eigenvalue weighted by molar-refractivity contribution is 7.85. The van der Waals surface area contributed by atoms with E-state index in [9.17, 15) is 4.21 Å². The molecule has 19 heavy (non-hydrogen) atoms. The van der Waals surface area contributed by atoms with Crippen LogP contribution in [0.1, 0.15) is 30.9 Å². The molecule has 106 valence electrons. The van der Waals surface area contributed by atoms with Gasteiger partial charge in [0, 0.05) is 41.5 Å². The Morgan fingerprint density at radius 1 is 1.26 bits per heavy atom. The van der Waals surface area contributed by atoms with Crippen LogP contribution in [0.5, 0.6) is 0 Å². The molecule has 3 nitrogen and oxygen atoms in total. The van der Waals surface area contributed by atoms with E-state index in [2.05, 4.69) is 29.6 Å². The first-order valence-corrected chi connectivity index (χ1v) is 8.51. The molecule has 0 aromatic heterocycles. The fourth-order valence-electron chi connectivity index (χ4n) is 2.34. The van der Waals surface area contributed by atoms with E-state index in [1.54, 1.807) is 0 Å². The standard InChI is InChI=1S/C15H23NO2S/c1-2-18-12-14-6-4-3-5-13(14)11-16-15-7-9-19(17)10-8-15/h3-6,15-16H,2,7-12H2,1H3. The summed E-state index contributed by atoms with van der Waals surface area (Å²) in [6.07, 6.45) is 2.06. The lowest BCUT2D eigenvalue weighted by Crippen LogP contribution is -2.35. The van der Waals surface area contributed by atoms with Crippen LogP contribution in [-0.2, 0) is 28.7 Å². The maximum atomic E-state index is 11.3. The molecule has 1 aliphatic heterocycles. The fraction of sp³-hybridized carbons (Fsp3) is 0.600. The topological polar surface area (TPSA) is 38.3 Å². The molecule has 1 heterocycles. The molecule has 0 amide bonds. The van der Waals surface area contributed by atoms with E-state index in [1.807, 2.05) is 6.92 Å². The Bertz CT molecular complexity index is 412. The minimum absolute atomic E-state index is 0.512. The van der Waals surface area contributed by atoms with Crippen molar-refractivity contribution in [2.45, 2.75) is 39.0 Å². The number of nitrogens with one attached hydrogen (secondary N) is 1. The third kappa shape index (κ3) is 4.71. The Balaban J connectivity index is 1.86. The third-order valence-corrected chi connectivity index (χ3v) is 4.93. The molecule has 1 fully saturated rings. The van der Waals surface area contributed by atoms with Gasteiger partial charge in [-0.2, -0.15) is 0 Å². The Morgan fingerprint density at radius 2 is 1.95 bits per heavy atom. The summed E-state index contributed by atoms with van der Waals surface area (Å²) in [5.41, 5.74) is 2.57. The van der Waals surface area contributed by atoms with Gasteiger partial charge < -0.3 is 10.1 Å². The highest BCUT2D eigenvalue weighted by Crippen LogP contribution is 2.13. The van der Waals surface area contributed by atoms with Crippen LogP contribution >= 0.6 is 0 Å². The summed E-state index contributed by atoms with van der Waals surface area (Å²) in [6.45, 7) is 4.32. The van der Waals surface area contributed by atoms with Gasteiger partial charge in [0.15, 0.2) is 0 Å². The summed E-state index contributed by atoms with van der Waals surface area (Å²) in [5.74, 6) is 1.69. The predicted octanol–water partition coefficient (Wildman–Crippen LogP) is 2.22. The van der Waals surface area contributed by atoms with Gasteiger partial charge in [-0.1, -0.05) is 24.3 Å². The molecule has 0 atom stereocenters. The number of ether oxygens (including phenoxy) is 1. The van der Waals surface area contributed by atoms with Crippen LogP contribution in [0.2, 0.25) is 0 Å². The second-order valence-corrected chi connectivity index (χ2v) is 6.61. The Kier molecular flexibility index (Phi) is 6.01. The summed E-state index contributed by atoms with van der Waals surface area (Å²) < 4.78 is 16.8. The van der Waals surface area contributed by atoms with E-state index in [1.165, 1.54) is 11.1 Å². The van der Waals surface area contributed by atoms with Crippen molar-refractivity contribution in [3.63, 3.8) is 0 Å². The van der Waals surface area contributed by atoms with E-state index in [0.29, 0.717) is 12.6 Å². The first-order chi connectivity index (χ1) is 9.29. The lowest BCUT2D eigenvalue weighted by atomic mass is 10.1. The van der Waals surface area contributed by atoms with Crippen LogP contribution < -0.4 is 5.32 Å². The van der Waals surface area contributed by atoms with Crippen LogP contribution in [0.15, 0.2) is 24.3 Å². The molecular formula is C15H23NO2S. The molecule has 0 bridgehead atoms. The van der Waals surface area contributed by atoms with Crippen molar-refractivity contribution in [1.29, 1.82) is 0 Å². The summed E-state index contributed by atoms with van der Waals surface area (Å²) in [6, 6.07) is 8.92. The van der Waals surface area contributed by atoms with Crippen LogP contribution in [0.3, 0.4) is 0 Å². The first-order valence-electron chi connectivity index (χ1n) is 7.02. The first kappa shape index (κ1) is 14.7. The minimum atomic E-state index is -0.578. The van der Waals surface area contributed by atoms with E-state index in [0.717, 1.165) is 37.5 Å². The van der Waals surface area contributed by atoms with Crippen LogP contribution in [-0.4, -0.2) is 28.4 Å². The highest BCUT2D eigenvalue weighted by atomic mass is 32.2. The van der Waals surface area contributed by atoms with Gasteiger partial charge >= 0.3 is 0 Å². The van der Waals surface area contributed by atoms with Crippen LogP contribution in [0.25, 0.3) is 0 Å². The van der Waals surface area contributed by atoms with E-state index >= 15 is 0 Å². The minimum Gasteiger partial charge on any atom is -0.377 e. The number of hydrogen-bond donors (Lipinski definition) is 1. The smallest absolute Gasteiger partial charge is 0.0719 e. The maximum absolute atomic E-state index is 11.3. The maximum Gasteiger partial charge on any atom is 0.0719 e. The van der Waals surface area contributed by atoms with Crippen molar-refractivity contribution in [2.24, 2.45) is 0 Å². The second kappa shape index (κ2) is 7.78. The normalized spacial score (nSPS) is 23.4. The quantitative estimate of drug-likeness (QED) is 0.869. The fourth-order valence-corrected chi connectivity index (χ4v) is 3.63. The molecule has 4 heteroatoms. The molecule has 1 aromatic carbocycles. The van der Waals surface area contributed by atoms with Crippen molar-refractivity contribution >= 4 is 10.8 Å². The van der Waals surface area contributed by atoms with Gasteiger partial charge in [-0.25, -0.2) is 0 Å². The zero-order valence-corrected chi connectivity index (χ0v) is 12.4. The molecule has 0 saturated carbocycles. The van der Waals surface area contributed by atoms with Gasteiger partial charge in [0.05, 0.1) is 6.61 Å². The molecule has 1 N–H and O–H groups in total. The van der Waals surface area contributed by atoms with Gasteiger partial charge in [-0.3, -0.25) is 4.21 Å². The average molecular weight is 281 g/mol. The van der Waals surface area contributed by atoms with Crippen LogP contribution in [0.4, 0.5) is 0 Å². The highest BCUT2D eigenvalue weighted by Gasteiger charge is 2.17. The van der Waals surface area contributed by atoms with Gasteiger partial charge in [0.2, 0.25) is 0 Å². The number of rotatable bonds is 6. The van der Waals surface area contributed by atoms with E-state index in [4.69, 9.17) is 4.74 Å². The van der Waals surface area contributed by atoms with Gasteiger partial charge in [-0.15, -0.1) is 0 Å². The monoisotopic (exact) mass is 281 g/mol. The van der Waals surface area contributed by atoms with Gasteiger partial charge in [0.25, 0.3) is 0 Å². The molecule has 0 spiro atoms. The molecule has 1 saturated heterocycles. The lowest BCUT2D eigenvalue weighted by Gasteiger charge is -2.23. The average Bonchev–Trinajstić information content (AvgIpc) is 2.45. The second-order valence-electron chi connectivity index (χ2n) is 4.91. The van der Waals surface area contributed by atoms with Gasteiger partial charge in [-0.05, 0) is 30.9 Å². The molecule has 1 aliphatic rings. The van der Waals surface area contributed by atoms with E-state index < -0.39 is 10.8 Å². The molecule has 1 aromatic rings. The van der Waals surface area contributed by atoms with Crippen LogP contribution in [0, 0.1) is 0 Å². The number of hydrogen-bond acceptors (Lipinski definition) is 3.